The Morgan fingerprint density at radius 1 is 1.32 bits per heavy atom. The van der Waals surface area contributed by atoms with Gasteiger partial charge in [0.05, 0.1) is 6.54 Å². The van der Waals surface area contributed by atoms with E-state index in [0.29, 0.717) is 6.42 Å². The maximum Gasteiger partial charge on any atom is 0.315 e. The Labute approximate surface area is 111 Å². The van der Waals surface area contributed by atoms with Crippen molar-refractivity contribution in [1.82, 2.24) is 4.90 Å². The number of methoxy groups -OCH3 is 1. The molecule has 2 rings (SSSR count). The third kappa shape index (κ3) is 2.26. The molecular weight excluding hydrogens is 246 g/mol. The fourth-order valence-corrected chi connectivity index (χ4v) is 2.57. The molecule has 0 spiro atoms. The fraction of sp³-hybridized carbons (Fsp3) is 0.385. The Balaban J connectivity index is 2.39. The van der Waals surface area contributed by atoms with Crippen molar-refractivity contribution in [2.45, 2.75) is 18.1 Å². The van der Waals surface area contributed by atoms with Crippen LogP contribution in [0.5, 0.6) is 0 Å². The number of nitrogens with two attached hydrogens (primary N) is 2. The number of carbonyl (C=O) groups excluding carboxylic acids is 2. The zero-order valence-electron chi connectivity index (χ0n) is 10.7. The summed E-state index contributed by atoms with van der Waals surface area (Å²) >= 11 is 0. The molecule has 0 bridgehead atoms. The fourth-order valence-electron chi connectivity index (χ4n) is 2.57. The minimum absolute atomic E-state index is 0.219. The molecule has 3 amide bonds. The van der Waals surface area contributed by atoms with Gasteiger partial charge in [-0.15, -0.1) is 0 Å². The number of nitrogens with zero attached hydrogens (tertiary/aromatic N) is 1. The first kappa shape index (κ1) is 13.4. The quantitative estimate of drug-likeness (QED) is 0.813. The molecule has 6 nitrogen and oxygen atoms in total. The van der Waals surface area contributed by atoms with Gasteiger partial charge in [0.25, 0.3) is 0 Å². The van der Waals surface area contributed by atoms with Crippen LogP contribution in [-0.2, 0) is 15.1 Å². The normalized spacial score (nSPS) is 26.4. The summed E-state index contributed by atoms with van der Waals surface area (Å²) in [5.74, 6) is -0.575. The molecule has 1 fully saturated rings. The molecule has 2 atom stereocenters. The summed E-state index contributed by atoms with van der Waals surface area (Å²) < 4.78 is 5.59. The van der Waals surface area contributed by atoms with Crippen LogP contribution < -0.4 is 11.5 Å². The molecule has 0 aromatic heterocycles. The lowest BCUT2D eigenvalue weighted by Gasteiger charge is -2.27. The molecule has 1 saturated heterocycles. The molecule has 4 N–H and O–H groups in total. The van der Waals surface area contributed by atoms with Crippen molar-refractivity contribution in [3.05, 3.63) is 35.9 Å². The second-order valence-electron chi connectivity index (χ2n) is 4.65. The standard InChI is InChI=1S/C13H17N3O3/c1-19-13(9-5-3-2-4-6-9)7-10(11(14)17)16(8-13)12(15)18/h2-6,10H,7-8H2,1H3,(H2,14,17)(H2,15,18). The van der Waals surface area contributed by atoms with E-state index in [1.54, 1.807) is 7.11 Å². The van der Waals surface area contributed by atoms with Gasteiger partial charge in [-0.25, -0.2) is 4.79 Å². The van der Waals surface area contributed by atoms with E-state index in [1.165, 1.54) is 4.90 Å². The van der Waals surface area contributed by atoms with Crippen LogP contribution >= 0.6 is 0 Å². The minimum atomic E-state index is -0.740. The number of amides is 3. The van der Waals surface area contributed by atoms with Gasteiger partial charge in [-0.2, -0.15) is 0 Å². The average Bonchev–Trinajstić information content (AvgIpc) is 2.81. The minimum Gasteiger partial charge on any atom is -0.372 e. The number of benzene rings is 1. The molecule has 0 saturated carbocycles. The van der Waals surface area contributed by atoms with Crippen molar-refractivity contribution < 1.29 is 14.3 Å². The highest BCUT2D eigenvalue weighted by atomic mass is 16.5. The van der Waals surface area contributed by atoms with Crippen molar-refractivity contribution in [2.24, 2.45) is 11.5 Å². The summed E-state index contributed by atoms with van der Waals surface area (Å²) in [5, 5.41) is 0. The molecular formula is C13H17N3O3. The van der Waals surface area contributed by atoms with E-state index in [1.807, 2.05) is 30.3 Å². The van der Waals surface area contributed by atoms with Crippen LogP contribution in [0.3, 0.4) is 0 Å². The number of urea groups is 1. The Kier molecular flexibility index (Phi) is 3.44. The first-order valence-electron chi connectivity index (χ1n) is 5.96. The maximum absolute atomic E-state index is 11.5. The summed E-state index contributed by atoms with van der Waals surface area (Å²) in [6, 6.07) is 8.03. The van der Waals surface area contributed by atoms with Crippen LogP contribution in [0.25, 0.3) is 0 Å². The number of hydrogen-bond acceptors (Lipinski definition) is 3. The van der Waals surface area contributed by atoms with Crippen LogP contribution in [-0.4, -0.2) is 36.5 Å². The highest BCUT2D eigenvalue weighted by Gasteiger charge is 2.49. The summed E-state index contributed by atoms with van der Waals surface area (Å²) in [7, 11) is 1.55. The van der Waals surface area contributed by atoms with E-state index < -0.39 is 23.6 Å². The lowest BCUT2D eigenvalue weighted by Crippen LogP contribution is -2.46. The van der Waals surface area contributed by atoms with Crippen LogP contribution in [0.1, 0.15) is 12.0 Å². The van der Waals surface area contributed by atoms with Gasteiger partial charge in [0.2, 0.25) is 5.91 Å². The Bertz CT molecular complexity index is 467. The zero-order valence-corrected chi connectivity index (χ0v) is 10.7. The van der Waals surface area contributed by atoms with Crippen LogP contribution in [0, 0.1) is 0 Å². The molecule has 1 aliphatic heterocycles. The van der Waals surface area contributed by atoms with Crippen molar-refractivity contribution in [3.8, 4) is 0 Å². The highest BCUT2D eigenvalue weighted by Crippen LogP contribution is 2.38. The van der Waals surface area contributed by atoms with Crippen LogP contribution in [0.2, 0.25) is 0 Å². The van der Waals surface area contributed by atoms with Crippen LogP contribution in [0.4, 0.5) is 4.79 Å². The smallest absolute Gasteiger partial charge is 0.315 e. The Hall–Kier alpha value is -2.08. The number of carbonyl (C=O) groups is 2. The van der Waals surface area contributed by atoms with Gasteiger partial charge in [0.1, 0.15) is 11.6 Å². The third-order valence-corrected chi connectivity index (χ3v) is 3.63. The molecule has 1 aliphatic rings. The first-order valence-corrected chi connectivity index (χ1v) is 5.96. The lowest BCUT2D eigenvalue weighted by atomic mass is 9.91. The second-order valence-corrected chi connectivity index (χ2v) is 4.65. The maximum atomic E-state index is 11.5. The lowest BCUT2D eigenvalue weighted by molar-refractivity contribution is -0.121. The van der Waals surface area contributed by atoms with Crippen LogP contribution in [0.15, 0.2) is 30.3 Å². The van der Waals surface area contributed by atoms with Gasteiger partial charge in [-0.3, -0.25) is 4.79 Å². The zero-order chi connectivity index (χ0) is 14.0. The predicted octanol–water partition coefficient (Wildman–Crippen LogP) is 0.167. The monoisotopic (exact) mass is 263 g/mol. The molecule has 6 heteroatoms. The Morgan fingerprint density at radius 3 is 2.37 bits per heavy atom. The average molecular weight is 263 g/mol. The van der Waals surface area contributed by atoms with Crippen molar-refractivity contribution in [1.29, 1.82) is 0 Å². The van der Waals surface area contributed by atoms with E-state index in [-0.39, 0.29) is 6.54 Å². The van der Waals surface area contributed by atoms with Gasteiger partial charge < -0.3 is 21.1 Å². The third-order valence-electron chi connectivity index (χ3n) is 3.63. The van der Waals surface area contributed by atoms with Gasteiger partial charge in [0, 0.05) is 13.5 Å². The summed E-state index contributed by atoms with van der Waals surface area (Å²) in [5.41, 5.74) is 10.8. The van der Waals surface area contributed by atoms with E-state index >= 15 is 0 Å². The SMILES string of the molecule is COC1(c2ccccc2)CC(C(N)=O)N(C(N)=O)C1. The van der Waals surface area contributed by atoms with E-state index in [4.69, 9.17) is 16.2 Å². The summed E-state index contributed by atoms with van der Waals surface area (Å²) in [6.45, 7) is 0.219. The number of hydrogen-bond donors (Lipinski definition) is 2. The molecule has 0 aliphatic carbocycles. The molecule has 1 aromatic rings. The molecule has 0 radical (unpaired) electrons. The van der Waals surface area contributed by atoms with Gasteiger partial charge in [-0.1, -0.05) is 30.3 Å². The highest BCUT2D eigenvalue weighted by molar-refractivity contribution is 5.86. The largest absolute Gasteiger partial charge is 0.372 e. The van der Waals surface area contributed by atoms with E-state index in [9.17, 15) is 9.59 Å². The molecule has 19 heavy (non-hydrogen) atoms. The van der Waals surface area contributed by atoms with Gasteiger partial charge in [0.15, 0.2) is 0 Å². The molecule has 1 heterocycles. The number of likely N-dealkylation sites (tertiary alicyclic amines) is 1. The second kappa shape index (κ2) is 4.89. The molecule has 2 unspecified atom stereocenters. The first-order chi connectivity index (χ1) is 9.00. The molecule has 1 aromatic carbocycles. The topological polar surface area (TPSA) is 98.7 Å². The van der Waals surface area contributed by atoms with E-state index in [2.05, 4.69) is 0 Å². The van der Waals surface area contributed by atoms with Gasteiger partial charge in [-0.05, 0) is 5.56 Å². The number of primary amides is 2. The summed E-state index contributed by atoms with van der Waals surface area (Å²) in [6.07, 6.45) is 0.311. The Morgan fingerprint density at radius 2 is 1.95 bits per heavy atom. The molecule has 102 valence electrons. The van der Waals surface area contributed by atoms with Crippen molar-refractivity contribution in [2.75, 3.05) is 13.7 Å². The van der Waals surface area contributed by atoms with Crippen molar-refractivity contribution >= 4 is 11.9 Å². The predicted molar refractivity (Wildman–Crippen MR) is 69.0 cm³/mol. The van der Waals surface area contributed by atoms with E-state index in [0.717, 1.165) is 5.56 Å². The van der Waals surface area contributed by atoms with Gasteiger partial charge >= 0.3 is 6.03 Å². The van der Waals surface area contributed by atoms with Crippen molar-refractivity contribution in [3.63, 3.8) is 0 Å². The number of ether oxygens (including phenoxy) is 1. The summed E-state index contributed by atoms with van der Waals surface area (Å²) in [4.78, 5) is 24.2. The number of rotatable bonds is 3.